The van der Waals surface area contributed by atoms with Gasteiger partial charge in [-0.05, 0) is 94.5 Å². The lowest BCUT2D eigenvalue weighted by molar-refractivity contribution is -0.141. The van der Waals surface area contributed by atoms with E-state index in [1.165, 1.54) is 28.4 Å². The summed E-state index contributed by atoms with van der Waals surface area (Å²) in [5.74, 6) is -1.22. The Bertz CT molecular complexity index is 3280. The molecule has 0 radical (unpaired) electrons. The van der Waals surface area contributed by atoms with Crippen molar-refractivity contribution in [2.75, 3.05) is 72.8 Å². The zero-order chi connectivity index (χ0) is 57.6. The summed E-state index contributed by atoms with van der Waals surface area (Å²) >= 11 is 1.22. The number of phenols is 1. The number of rotatable bonds is 17. The number of halogens is 2. The van der Waals surface area contributed by atoms with E-state index in [1.807, 2.05) is 44.3 Å². The number of nitrogens with one attached hydrogen (secondary N) is 1. The fraction of sp³-hybridized carbons (Fsp3) is 0.525. The third-order valence-corrected chi connectivity index (χ3v) is 19.0. The number of hydrogen-bond acceptors (Lipinski definition) is 18. The molecule has 4 aromatic heterocycles. The Balaban J connectivity index is 0.569. The van der Waals surface area contributed by atoms with E-state index in [9.17, 15) is 19.8 Å². The average Bonchev–Trinajstić information content (AvgIpc) is 4.37. The zero-order valence-corrected chi connectivity index (χ0v) is 48.3. The van der Waals surface area contributed by atoms with Crippen molar-refractivity contribution < 1.29 is 42.6 Å². The molecule has 1 saturated carbocycles. The number of amides is 2. The summed E-state index contributed by atoms with van der Waals surface area (Å²) in [6.07, 6.45) is 9.25. The Morgan fingerprint density at radius 2 is 1.60 bits per heavy atom. The quantitative estimate of drug-likeness (QED) is 0.0674. The number of likely N-dealkylation sites (tertiary alicyclic amines) is 2. The number of carbonyl (C=O) groups is 2. The molecule has 5 aliphatic heterocycles. The number of carbonyl (C=O) groups excluding carboxylic acids is 2. The molecule has 9 heterocycles. The van der Waals surface area contributed by atoms with Gasteiger partial charge in [-0.25, -0.2) is 18.7 Å². The number of hydrogen-bond donors (Lipinski definition) is 4. The number of anilines is 4. The van der Waals surface area contributed by atoms with Gasteiger partial charge in [0.1, 0.15) is 23.8 Å². The molecule has 22 heteroatoms. The summed E-state index contributed by atoms with van der Waals surface area (Å²) in [5.41, 5.74) is 11.8. The first kappa shape index (κ1) is 56.5. The highest BCUT2D eigenvalue weighted by Gasteiger charge is 2.45. The van der Waals surface area contributed by atoms with E-state index in [1.54, 1.807) is 31.5 Å². The fourth-order valence-electron chi connectivity index (χ4n) is 13.5. The maximum Gasteiger partial charge on any atom is 0.243 e. The first-order valence-electron chi connectivity index (χ1n) is 29.5. The topological polar surface area (TPSA) is 225 Å². The number of ether oxygens (including phenoxy) is 2. The van der Waals surface area contributed by atoms with Crippen LogP contribution in [-0.2, 0) is 14.3 Å². The van der Waals surface area contributed by atoms with Gasteiger partial charge >= 0.3 is 0 Å². The van der Waals surface area contributed by atoms with Crippen molar-refractivity contribution in [3.05, 3.63) is 101 Å². The lowest BCUT2D eigenvalue weighted by Crippen LogP contribution is -2.54. The number of aliphatic hydroxyl groups excluding tert-OH is 1. The monoisotopic (exact) mass is 1160 g/mol. The molecular weight excluding hydrogens is 1080 g/mol. The number of aromatic hydroxyl groups is 1. The zero-order valence-electron chi connectivity index (χ0n) is 47.4. The summed E-state index contributed by atoms with van der Waals surface area (Å²) in [6.45, 7) is 13.3. The molecule has 6 aromatic rings. The number of phenolic OH excluding ortho intramolecular Hbond substituents is 1. The summed E-state index contributed by atoms with van der Waals surface area (Å²) < 4.78 is 49.8. The predicted octanol–water partition coefficient (Wildman–Crippen LogP) is 8.27. The largest absolute Gasteiger partial charge is 0.507 e. The van der Waals surface area contributed by atoms with Gasteiger partial charge in [0.05, 0.1) is 51.8 Å². The molecule has 2 unspecified atom stereocenters. The van der Waals surface area contributed by atoms with Crippen molar-refractivity contribution in [2.45, 2.75) is 140 Å². The number of pyridine rings is 1. The minimum absolute atomic E-state index is 0.00403. The third-order valence-electron chi connectivity index (χ3n) is 18.1. The first-order valence-corrected chi connectivity index (χ1v) is 30.3. The highest BCUT2D eigenvalue weighted by atomic mass is 32.1. The number of aryl methyl sites for hydroxylation is 1. The van der Waals surface area contributed by atoms with Gasteiger partial charge in [0.25, 0.3) is 0 Å². The van der Waals surface area contributed by atoms with Crippen LogP contribution in [0.3, 0.4) is 0 Å². The number of para-hydroxylation sites is 1. The number of piperidine rings is 2. The maximum atomic E-state index is 15.5. The Morgan fingerprint density at radius 1 is 0.843 bits per heavy atom. The molecule has 6 atom stereocenters. The summed E-state index contributed by atoms with van der Waals surface area (Å²) in [7, 11) is 0. The number of aliphatic hydroxyl groups is 1. The number of fused-ring (bicyclic) bond motifs is 2. The van der Waals surface area contributed by atoms with E-state index >= 15 is 8.78 Å². The Morgan fingerprint density at radius 3 is 2.33 bits per heavy atom. The van der Waals surface area contributed by atoms with Gasteiger partial charge in [-0.3, -0.25) is 9.59 Å². The highest BCUT2D eigenvalue weighted by Crippen LogP contribution is 2.42. The molecule has 6 aliphatic rings. The van der Waals surface area contributed by atoms with Crippen LogP contribution in [0, 0.1) is 30.4 Å². The lowest BCUT2D eigenvalue weighted by Gasteiger charge is -2.43. The second kappa shape index (κ2) is 23.9. The van der Waals surface area contributed by atoms with Gasteiger partial charge in [-0.15, -0.1) is 21.5 Å². The molecule has 440 valence electrons. The Labute approximate surface area is 486 Å². The van der Waals surface area contributed by atoms with Crippen molar-refractivity contribution in [2.24, 2.45) is 11.8 Å². The van der Waals surface area contributed by atoms with Crippen LogP contribution in [0.25, 0.3) is 21.7 Å². The number of benzene rings is 2. The van der Waals surface area contributed by atoms with E-state index in [0.717, 1.165) is 109 Å². The van der Waals surface area contributed by atoms with Crippen LogP contribution in [0.1, 0.15) is 108 Å². The van der Waals surface area contributed by atoms with Crippen LogP contribution in [-0.4, -0.2) is 152 Å². The molecule has 83 heavy (non-hydrogen) atoms. The van der Waals surface area contributed by atoms with E-state index < -0.39 is 41.6 Å². The molecule has 0 spiro atoms. The number of β-amino-alcohol motifs (C(OH)–C–C–N with tert-alkyl or cyclic N) is 1. The normalized spacial score (nSPS) is 24.1. The minimum Gasteiger partial charge on any atom is -0.507 e. The summed E-state index contributed by atoms with van der Waals surface area (Å²) in [6, 6.07) is 16.6. The van der Waals surface area contributed by atoms with Gasteiger partial charge < -0.3 is 59.8 Å². The van der Waals surface area contributed by atoms with Gasteiger partial charge in [0.2, 0.25) is 17.7 Å². The van der Waals surface area contributed by atoms with Crippen molar-refractivity contribution in [1.82, 2.24) is 40.4 Å². The van der Waals surface area contributed by atoms with Gasteiger partial charge in [-0.2, -0.15) is 0 Å². The van der Waals surface area contributed by atoms with Gasteiger partial charge in [0, 0.05) is 124 Å². The van der Waals surface area contributed by atoms with E-state index in [2.05, 4.69) is 62.4 Å². The first-order chi connectivity index (χ1) is 40.1. The summed E-state index contributed by atoms with van der Waals surface area (Å²) in [5, 5.41) is 37.0. The molecule has 5 N–H and O–H groups in total. The smallest absolute Gasteiger partial charge is 0.243 e. The predicted molar refractivity (Wildman–Crippen MR) is 311 cm³/mol. The maximum absolute atomic E-state index is 15.5. The van der Waals surface area contributed by atoms with Crippen molar-refractivity contribution >= 4 is 46.2 Å². The van der Waals surface area contributed by atoms with Crippen LogP contribution in [0.2, 0.25) is 0 Å². The number of nitrogens with zero attached hydrogens (tertiary/aromatic N) is 10. The molecule has 2 amide bonds. The standard InChI is InChI=1S/C61H74F2N12O7S/c1-34(2)55(61(79)74-32-41(76)24-50(74)60(78)67-35(3)45-11-12-47(57(63)56(45)62)58-36(4)66-33-83-58)52-28-53(70-82-52)72-21-14-37(15-22-72)29-71-19-16-42(17-20-71)80-43-25-44(26-43)81-54-23-38(13-18-65-54)75-39-9-10-40(75)31-73(30-39)49-27-48(68-69-59(49)64)46-7-5-6-8-51(46)77/h5-8,11-13,18,23,27-28,33-35,37,39-44,50,55,76-77H,9-10,14-17,19-22,24-26,29-32H2,1-4H3,(H2,64,69)(H,67,78)/t35-,39?,40?,41+,43-,44-,50-,55+/m0/s1. The van der Waals surface area contributed by atoms with E-state index in [4.69, 9.17) is 19.7 Å². The van der Waals surface area contributed by atoms with Gasteiger partial charge in [-0.1, -0.05) is 37.2 Å². The SMILES string of the molecule is Cc1ncsc1-c1ccc([C@H](C)NC(=O)[C@@H]2C[C@@H](O)CN2C(=O)[C@@H](c2cc(N3CCC(CN4CCC(O[C@H]5C[C@H](Oc6cc(N7C8CCC7CN(c7cc(-c9ccccc9O)nnc7N)C8)ccn6)C5)CC4)CC3)no2)C(C)C)c(F)c1F. The minimum atomic E-state index is -1.07. The van der Waals surface area contributed by atoms with E-state index in [0.29, 0.717) is 51.0 Å². The molecule has 2 bridgehead atoms. The number of nitrogen functional groups attached to an aromatic ring is 1. The van der Waals surface area contributed by atoms with Crippen molar-refractivity contribution in [1.29, 1.82) is 0 Å². The second-order valence-electron chi connectivity index (χ2n) is 24.0. The molecule has 2 aromatic carbocycles. The summed E-state index contributed by atoms with van der Waals surface area (Å²) in [4.78, 5) is 48.5. The number of aromatic nitrogens is 5. The molecule has 5 saturated heterocycles. The van der Waals surface area contributed by atoms with Crippen LogP contribution < -0.4 is 30.5 Å². The molecule has 19 nitrogen and oxygen atoms in total. The highest BCUT2D eigenvalue weighted by molar-refractivity contribution is 7.13. The van der Waals surface area contributed by atoms with Gasteiger partial charge in [0.15, 0.2) is 29.0 Å². The molecule has 6 fully saturated rings. The van der Waals surface area contributed by atoms with Crippen molar-refractivity contribution in [3.63, 3.8) is 0 Å². The molecule has 12 rings (SSSR count). The number of thiazole rings is 1. The van der Waals surface area contributed by atoms with E-state index in [-0.39, 0.29) is 72.1 Å². The fourth-order valence-corrected chi connectivity index (χ4v) is 14.4. The Kier molecular flexibility index (Phi) is 16.3. The number of nitrogens with two attached hydrogens (primary N) is 1. The van der Waals surface area contributed by atoms with Crippen LogP contribution in [0.4, 0.5) is 31.8 Å². The Hall–Kier alpha value is -7.01. The molecule has 1 aliphatic carbocycles. The lowest BCUT2D eigenvalue weighted by atomic mass is 9.91. The average molecular weight is 1160 g/mol. The van der Waals surface area contributed by atoms with Crippen molar-refractivity contribution in [3.8, 4) is 33.3 Å². The third kappa shape index (κ3) is 11.8. The second-order valence-corrected chi connectivity index (χ2v) is 24.9. The van der Waals surface area contributed by atoms with Crippen LogP contribution in [0.5, 0.6) is 11.6 Å². The number of piperazine rings is 1. The van der Waals surface area contributed by atoms with Crippen LogP contribution in [0.15, 0.2) is 76.9 Å². The van der Waals surface area contributed by atoms with Crippen LogP contribution >= 0.6 is 11.3 Å². The molecular formula is C61H74F2N12O7S.